The van der Waals surface area contributed by atoms with E-state index in [2.05, 4.69) is 32.6 Å². The first-order valence-corrected chi connectivity index (χ1v) is 5.49. The molecular weight excluding hydrogens is 178 g/mol. The molecule has 0 fully saturated rings. The standard InChI is InChI=1S/C11H23NO2/c1-6-12(7-2)10(9(4)5)11(13)14-8-3/h9-10H,6-8H2,1-5H3/t10-/m0/s1. The SMILES string of the molecule is CCOC(=O)[C@H](C(C)C)N(CC)CC. The molecule has 0 saturated heterocycles. The van der Waals surface area contributed by atoms with E-state index in [1.807, 2.05) is 6.92 Å². The van der Waals surface area contributed by atoms with Crippen LogP contribution < -0.4 is 0 Å². The fourth-order valence-corrected chi connectivity index (χ4v) is 1.69. The first-order valence-electron chi connectivity index (χ1n) is 5.49. The number of hydrogen-bond acceptors (Lipinski definition) is 3. The van der Waals surface area contributed by atoms with E-state index in [0.717, 1.165) is 13.1 Å². The van der Waals surface area contributed by atoms with Gasteiger partial charge in [0.1, 0.15) is 6.04 Å². The van der Waals surface area contributed by atoms with Crippen molar-refractivity contribution in [3.05, 3.63) is 0 Å². The highest BCUT2D eigenvalue weighted by atomic mass is 16.5. The lowest BCUT2D eigenvalue weighted by Crippen LogP contribution is -2.45. The molecular formula is C11H23NO2. The van der Waals surface area contributed by atoms with Crippen molar-refractivity contribution in [2.45, 2.75) is 40.7 Å². The Kier molecular flexibility index (Phi) is 6.54. The Bertz CT molecular complexity index is 165. The van der Waals surface area contributed by atoms with Crippen LogP contribution in [0.2, 0.25) is 0 Å². The van der Waals surface area contributed by atoms with Gasteiger partial charge >= 0.3 is 5.97 Å². The topological polar surface area (TPSA) is 29.5 Å². The molecule has 0 aliphatic rings. The summed E-state index contributed by atoms with van der Waals surface area (Å²) in [5, 5.41) is 0. The van der Waals surface area contributed by atoms with Crippen LogP contribution in [0, 0.1) is 5.92 Å². The average Bonchev–Trinajstić information content (AvgIpc) is 2.13. The first-order chi connectivity index (χ1) is 6.58. The van der Waals surface area contributed by atoms with E-state index in [-0.39, 0.29) is 12.0 Å². The van der Waals surface area contributed by atoms with Crippen LogP contribution in [0.1, 0.15) is 34.6 Å². The zero-order chi connectivity index (χ0) is 11.1. The Hall–Kier alpha value is -0.570. The van der Waals surface area contributed by atoms with Crippen molar-refractivity contribution in [2.24, 2.45) is 5.92 Å². The molecule has 14 heavy (non-hydrogen) atoms. The van der Waals surface area contributed by atoms with Gasteiger partial charge in [0.15, 0.2) is 0 Å². The molecule has 0 bridgehead atoms. The molecule has 3 heteroatoms. The first kappa shape index (κ1) is 13.4. The highest BCUT2D eigenvalue weighted by molar-refractivity contribution is 5.76. The van der Waals surface area contributed by atoms with Gasteiger partial charge in [0.2, 0.25) is 0 Å². The van der Waals surface area contributed by atoms with Gasteiger partial charge in [0.05, 0.1) is 6.61 Å². The van der Waals surface area contributed by atoms with E-state index in [1.54, 1.807) is 0 Å². The molecule has 0 aromatic heterocycles. The highest BCUT2D eigenvalue weighted by Gasteiger charge is 2.27. The number of esters is 1. The molecule has 1 atom stereocenters. The molecule has 0 spiro atoms. The van der Waals surface area contributed by atoms with Gasteiger partial charge in [-0.1, -0.05) is 27.7 Å². The predicted octanol–water partition coefficient (Wildman–Crippen LogP) is 1.92. The van der Waals surface area contributed by atoms with E-state index in [0.29, 0.717) is 12.5 Å². The van der Waals surface area contributed by atoms with Crippen LogP contribution in [0.4, 0.5) is 0 Å². The van der Waals surface area contributed by atoms with E-state index in [1.165, 1.54) is 0 Å². The van der Waals surface area contributed by atoms with Crippen molar-refractivity contribution in [2.75, 3.05) is 19.7 Å². The predicted molar refractivity (Wildman–Crippen MR) is 58.2 cm³/mol. The van der Waals surface area contributed by atoms with Crippen LogP contribution in [0.5, 0.6) is 0 Å². The minimum atomic E-state index is -0.0926. The molecule has 0 aliphatic heterocycles. The Morgan fingerprint density at radius 3 is 2.00 bits per heavy atom. The molecule has 3 nitrogen and oxygen atoms in total. The normalized spacial score (nSPS) is 13.4. The average molecular weight is 201 g/mol. The lowest BCUT2D eigenvalue weighted by Gasteiger charge is -2.30. The van der Waals surface area contributed by atoms with Gasteiger partial charge in [0.25, 0.3) is 0 Å². The van der Waals surface area contributed by atoms with Gasteiger partial charge in [-0.3, -0.25) is 9.69 Å². The molecule has 0 heterocycles. The van der Waals surface area contributed by atoms with Gasteiger partial charge < -0.3 is 4.74 Å². The molecule has 0 N–H and O–H groups in total. The third-order valence-corrected chi connectivity index (χ3v) is 2.37. The summed E-state index contributed by atoms with van der Waals surface area (Å²) in [7, 11) is 0. The monoisotopic (exact) mass is 201 g/mol. The highest BCUT2D eigenvalue weighted by Crippen LogP contribution is 2.12. The number of ether oxygens (including phenoxy) is 1. The lowest BCUT2D eigenvalue weighted by molar-refractivity contribution is -0.151. The number of rotatable bonds is 6. The minimum absolute atomic E-state index is 0.0915. The van der Waals surface area contributed by atoms with Gasteiger partial charge in [-0.2, -0.15) is 0 Å². The molecule has 0 aromatic carbocycles. The zero-order valence-corrected chi connectivity index (χ0v) is 10.0. The lowest BCUT2D eigenvalue weighted by atomic mass is 10.0. The molecule has 0 saturated carbocycles. The van der Waals surface area contributed by atoms with Gasteiger partial charge in [0, 0.05) is 0 Å². The van der Waals surface area contributed by atoms with E-state index in [9.17, 15) is 4.79 Å². The summed E-state index contributed by atoms with van der Waals surface area (Å²) >= 11 is 0. The molecule has 0 aromatic rings. The van der Waals surface area contributed by atoms with Crippen LogP contribution >= 0.6 is 0 Å². The molecule has 0 amide bonds. The van der Waals surface area contributed by atoms with Gasteiger partial charge in [-0.05, 0) is 25.9 Å². The Morgan fingerprint density at radius 1 is 1.21 bits per heavy atom. The smallest absolute Gasteiger partial charge is 0.323 e. The summed E-state index contributed by atoms with van der Waals surface area (Å²) in [6.07, 6.45) is 0. The number of carbonyl (C=O) groups excluding carboxylic acids is 1. The summed E-state index contributed by atoms with van der Waals surface area (Å²) < 4.78 is 5.07. The summed E-state index contributed by atoms with van der Waals surface area (Å²) in [4.78, 5) is 13.8. The third kappa shape index (κ3) is 3.66. The fraction of sp³-hybridized carbons (Fsp3) is 0.909. The fourth-order valence-electron chi connectivity index (χ4n) is 1.69. The van der Waals surface area contributed by atoms with Crippen LogP contribution in [0.25, 0.3) is 0 Å². The van der Waals surface area contributed by atoms with Crippen molar-refractivity contribution in [3.63, 3.8) is 0 Å². The Morgan fingerprint density at radius 2 is 1.71 bits per heavy atom. The largest absolute Gasteiger partial charge is 0.465 e. The van der Waals surface area contributed by atoms with Crippen molar-refractivity contribution >= 4 is 5.97 Å². The number of hydrogen-bond donors (Lipinski definition) is 0. The molecule has 0 rings (SSSR count). The molecule has 0 aliphatic carbocycles. The summed E-state index contributed by atoms with van der Waals surface area (Å²) in [5.74, 6) is 0.208. The van der Waals surface area contributed by atoms with Crippen molar-refractivity contribution in [1.82, 2.24) is 4.90 Å². The Balaban J connectivity index is 4.48. The second-order valence-corrected chi connectivity index (χ2v) is 3.66. The number of likely N-dealkylation sites (N-methyl/N-ethyl adjacent to an activating group) is 1. The van der Waals surface area contributed by atoms with Gasteiger partial charge in [-0.15, -0.1) is 0 Å². The summed E-state index contributed by atoms with van der Waals surface area (Å²) in [6.45, 7) is 12.3. The summed E-state index contributed by atoms with van der Waals surface area (Å²) in [5.41, 5.74) is 0. The van der Waals surface area contributed by atoms with Crippen LogP contribution in [-0.2, 0) is 9.53 Å². The molecule has 0 radical (unpaired) electrons. The second-order valence-electron chi connectivity index (χ2n) is 3.66. The van der Waals surface area contributed by atoms with E-state index < -0.39 is 0 Å². The van der Waals surface area contributed by atoms with Crippen LogP contribution in [0.3, 0.4) is 0 Å². The third-order valence-electron chi connectivity index (χ3n) is 2.37. The number of nitrogens with zero attached hydrogens (tertiary/aromatic N) is 1. The van der Waals surface area contributed by atoms with Crippen LogP contribution in [-0.4, -0.2) is 36.6 Å². The maximum Gasteiger partial charge on any atom is 0.323 e. The van der Waals surface area contributed by atoms with E-state index in [4.69, 9.17) is 4.74 Å². The maximum absolute atomic E-state index is 11.7. The Labute approximate surface area is 87.4 Å². The number of carbonyl (C=O) groups is 1. The molecule has 84 valence electrons. The van der Waals surface area contributed by atoms with Crippen molar-refractivity contribution in [1.29, 1.82) is 0 Å². The maximum atomic E-state index is 11.7. The molecule has 0 unspecified atom stereocenters. The summed E-state index contributed by atoms with van der Waals surface area (Å²) in [6, 6.07) is -0.0926. The quantitative estimate of drug-likeness (QED) is 0.615. The van der Waals surface area contributed by atoms with E-state index >= 15 is 0 Å². The van der Waals surface area contributed by atoms with Crippen molar-refractivity contribution < 1.29 is 9.53 Å². The zero-order valence-electron chi connectivity index (χ0n) is 10.0. The van der Waals surface area contributed by atoms with Gasteiger partial charge in [-0.25, -0.2) is 0 Å². The second kappa shape index (κ2) is 6.82. The minimum Gasteiger partial charge on any atom is -0.465 e. The van der Waals surface area contributed by atoms with Crippen molar-refractivity contribution in [3.8, 4) is 0 Å². The van der Waals surface area contributed by atoms with Crippen LogP contribution in [0.15, 0.2) is 0 Å².